The highest BCUT2D eigenvalue weighted by Gasteiger charge is 2.28. The normalized spacial score (nSPS) is 22.3. The van der Waals surface area contributed by atoms with E-state index < -0.39 is 0 Å². The first-order chi connectivity index (χ1) is 8.83. The SMILES string of the molecule is O=C1NC(C2CCCC2)=N/C1=C/c1ccccn1. The molecule has 0 spiro atoms. The van der Waals surface area contributed by atoms with Gasteiger partial charge in [-0.3, -0.25) is 9.78 Å². The summed E-state index contributed by atoms with van der Waals surface area (Å²) in [6.07, 6.45) is 8.18. The molecule has 1 N–H and O–H groups in total. The number of amides is 1. The van der Waals surface area contributed by atoms with Crippen LogP contribution in [0.5, 0.6) is 0 Å². The van der Waals surface area contributed by atoms with E-state index in [4.69, 9.17) is 0 Å². The molecule has 1 aliphatic heterocycles. The third kappa shape index (κ3) is 2.18. The number of carbonyl (C=O) groups excluding carboxylic acids is 1. The first-order valence-electron chi connectivity index (χ1n) is 6.35. The third-order valence-electron chi connectivity index (χ3n) is 3.43. The molecule has 0 saturated heterocycles. The Hall–Kier alpha value is -1.97. The smallest absolute Gasteiger partial charge is 0.275 e. The Morgan fingerprint density at radius 1 is 1.28 bits per heavy atom. The van der Waals surface area contributed by atoms with Crippen molar-refractivity contribution in [3.8, 4) is 0 Å². The van der Waals surface area contributed by atoms with E-state index in [9.17, 15) is 4.79 Å². The van der Waals surface area contributed by atoms with Gasteiger partial charge >= 0.3 is 0 Å². The molecule has 0 aromatic carbocycles. The molecule has 2 heterocycles. The third-order valence-corrected chi connectivity index (χ3v) is 3.43. The first-order valence-corrected chi connectivity index (χ1v) is 6.35. The van der Waals surface area contributed by atoms with Crippen LogP contribution in [0.4, 0.5) is 0 Å². The Bertz CT molecular complexity index is 513. The summed E-state index contributed by atoms with van der Waals surface area (Å²) in [5, 5.41) is 2.88. The quantitative estimate of drug-likeness (QED) is 0.806. The summed E-state index contributed by atoms with van der Waals surface area (Å²) >= 11 is 0. The van der Waals surface area contributed by atoms with Crippen molar-refractivity contribution in [2.45, 2.75) is 25.7 Å². The van der Waals surface area contributed by atoms with Crippen molar-refractivity contribution in [1.29, 1.82) is 0 Å². The van der Waals surface area contributed by atoms with E-state index in [0.29, 0.717) is 11.6 Å². The van der Waals surface area contributed by atoms with Crippen molar-refractivity contribution in [3.63, 3.8) is 0 Å². The van der Waals surface area contributed by atoms with Gasteiger partial charge in [-0.25, -0.2) is 4.99 Å². The molecular formula is C14H15N3O. The number of aromatic nitrogens is 1. The zero-order chi connectivity index (χ0) is 12.4. The molecule has 4 nitrogen and oxygen atoms in total. The average molecular weight is 241 g/mol. The van der Waals surface area contributed by atoms with Crippen LogP contribution in [0, 0.1) is 5.92 Å². The predicted octanol–water partition coefficient (Wildman–Crippen LogP) is 2.14. The lowest BCUT2D eigenvalue weighted by molar-refractivity contribution is -0.115. The number of hydrogen-bond acceptors (Lipinski definition) is 3. The topological polar surface area (TPSA) is 54.4 Å². The van der Waals surface area contributed by atoms with Gasteiger partial charge in [-0.1, -0.05) is 18.9 Å². The summed E-state index contributed by atoms with van der Waals surface area (Å²) in [6.45, 7) is 0. The monoisotopic (exact) mass is 241 g/mol. The summed E-state index contributed by atoms with van der Waals surface area (Å²) in [5.41, 5.74) is 1.23. The van der Waals surface area contributed by atoms with E-state index >= 15 is 0 Å². The number of carbonyl (C=O) groups is 1. The largest absolute Gasteiger partial charge is 0.308 e. The van der Waals surface area contributed by atoms with Gasteiger partial charge in [-0.05, 0) is 31.1 Å². The number of pyridine rings is 1. The maximum Gasteiger partial charge on any atom is 0.275 e. The van der Waals surface area contributed by atoms with Crippen LogP contribution in [0.1, 0.15) is 31.4 Å². The van der Waals surface area contributed by atoms with Gasteiger partial charge in [0.15, 0.2) is 0 Å². The van der Waals surface area contributed by atoms with E-state index in [1.54, 1.807) is 12.3 Å². The van der Waals surface area contributed by atoms with Crippen molar-refractivity contribution in [3.05, 3.63) is 35.8 Å². The number of amidine groups is 1. The average Bonchev–Trinajstić information content (AvgIpc) is 3.01. The van der Waals surface area contributed by atoms with E-state index in [2.05, 4.69) is 15.3 Å². The van der Waals surface area contributed by atoms with Gasteiger partial charge in [0.2, 0.25) is 0 Å². The lowest BCUT2D eigenvalue weighted by atomic mass is 10.1. The van der Waals surface area contributed by atoms with Gasteiger partial charge < -0.3 is 5.32 Å². The van der Waals surface area contributed by atoms with Gasteiger partial charge in [0.1, 0.15) is 11.5 Å². The fourth-order valence-corrected chi connectivity index (χ4v) is 2.48. The molecule has 92 valence electrons. The highest BCUT2D eigenvalue weighted by Crippen LogP contribution is 2.27. The molecule has 0 atom stereocenters. The van der Waals surface area contributed by atoms with Crippen LogP contribution in [0.2, 0.25) is 0 Å². The Kier molecular flexibility index (Phi) is 2.92. The second kappa shape index (κ2) is 4.72. The molecule has 1 saturated carbocycles. The molecule has 1 fully saturated rings. The van der Waals surface area contributed by atoms with Gasteiger partial charge in [-0.2, -0.15) is 0 Å². The van der Waals surface area contributed by atoms with Crippen molar-refractivity contribution in [2.75, 3.05) is 0 Å². The summed E-state index contributed by atoms with van der Waals surface area (Å²) in [7, 11) is 0. The Morgan fingerprint density at radius 2 is 2.11 bits per heavy atom. The predicted molar refractivity (Wildman–Crippen MR) is 69.7 cm³/mol. The van der Waals surface area contributed by atoms with E-state index in [1.807, 2.05) is 18.2 Å². The summed E-state index contributed by atoms with van der Waals surface area (Å²) in [4.78, 5) is 20.4. The summed E-state index contributed by atoms with van der Waals surface area (Å²) in [6, 6.07) is 5.61. The maximum absolute atomic E-state index is 11.8. The van der Waals surface area contributed by atoms with E-state index in [-0.39, 0.29) is 5.91 Å². The molecule has 1 aliphatic carbocycles. The molecule has 1 amide bonds. The van der Waals surface area contributed by atoms with Gasteiger partial charge in [0.25, 0.3) is 5.91 Å². The molecule has 18 heavy (non-hydrogen) atoms. The second-order valence-electron chi connectivity index (χ2n) is 4.72. The number of nitrogens with zero attached hydrogens (tertiary/aromatic N) is 2. The minimum absolute atomic E-state index is 0.109. The minimum atomic E-state index is -0.109. The van der Waals surface area contributed by atoms with Crippen LogP contribution < -0.4 is 5.32 Å². The molecule has 0 unspecified atom stereocenters. The van der Waals surface area contributed by atoms with Crippen molar-refractivity contribution >= 4 is 17.8 Å². The molecule has 4 heteroatoms. The molecule has 3 rings (SSSR count). The zero-order valence-electron chi connectivity index (χ0n) is 10.1. The van der Waals surface area contributed by atoms with Crippen LogP contribution in [0.25, 0.3) is 6.08 Å². The fraction of sp³-hybridized carbons (Fsp3) is 0.357. The standard InChI is InChI=1S/C14H15N3O/c18-14-12(9-11-7-3-4-8-15-11)16-13(17-14)10-5-1-2-6-10/h3-4,7-10H,1-2,5-6H2,(H,16,17,18)/b12-9+. The minimum Gasteiger partial charge on any atom is -0.308 e. The molecule has 0 radical (unpaired) electrons. The van der Waals surface area contributed by atoms with Crippen LogP contribution in [0.3, 0.4) is 0 Å². The Morgan fingerprint density at radius 3 is 2.83 bits per heavy atom. The fourth-order valence-electron chi connectivity index (χ4n) is 2.48. The highest BCUT2D eigenvalue weighted by molar-refractivity contribution is 6.14. The van der Waals surface area contributed by atoms with Crippen LogP contribution in [-0.4, -0.2) is 16.7 Å². The van der Waals surface area contributed by atoms with E-state index in [1.165, 1.54) is 12.8 Å². The maximum atomic E-state index is 11.8. The highest BCUT2D eigenvalue weighted by atomic mass is 16.2. The zero-order valence-corrected chi connectivity index (χ0v) is 10.1. The number of rotatable bonds is 2. The summed E-state index contributed by atoms with van der Waals surface area (Å²) < 4.78 is 0. The lowest BCUT2D eigenvalue weighted by Gasteiger charge is -2.06. The first kappa shape index (κ1) is 11.1. The number of hydrogen-bond donors (Lipinski definition) is 1. The molecule has 1 aromatic heterocycles. The molecule has 0 bridgehead atoms. The van der Waals surface area contributed by atoms with Gasteiger partial charge in [0.05, 0.1) is 5.69 Å². The number of nitrogens with one attached hydrogen (secondary N) is 1. The summed E-state index contributed by atoms with van der Waals surface area (Å²) in [5.74, 6) is 1.17. The molecular weight excluding hydrogens is 226 g/mol. The Labute approximate surface area is 106 Å². The van der Waals surface area contributed by atoms with Crippen LogP contribution >= 0.6 is 0 Å². The van der Waals surface area contributed by atoms with Gasteiger partial charge in [-0.15, -0.1) is 0 Å². The van der Waals surface area contributed by atoms with Crippen molar-refractivity contribution in [1.82, 2.24) is 10.3 Å². The second-order valence-corrected chi connectivity index (χ2v) is 4.72. The van der Waals surface area contributed by atoms with Crippen LogP contribution in [-0.2, 0) is 4.79 Å². The molecule has 2 aliphatic rings. The van der Waals surface area contributed by atoms with Gasteiger partial charge in [0, 0.05) is 12.1 Å². The molecule has 1 aromatic rings. The lowest BCUT2D eigenvalue weighted by Crippen LogP contribution is -2.29. The van der Waals surface area contributed by atoms with Crippen molar-refractivity contribution in [2.24, 2.45) is 10.9 Å². The number of aliphatic imine (C=N–C) groups is 1. The Balaban J connectivity index is 1.84. The van der Waals surface area contributed by atoms with E-state index in [0.717, 1.165) is 24.4 Å². The van der Waals surface area contributed by atoms with Crippen molar-refractivity contribution < 1.29 is 4.79 Å². The van der Waals surface area contributed by atoms with Crippen LogP contribution in [0.15, 0.2) is 35.1 Å².